The highest BCUT2D eigenvalue weighted by atomic mass is 32.1. The van der Waals surface area contributed by atoms with Crippen molar-refractivity contribution in [2.45, 2.75) is 6.92 Å². The largest absolute Gasteiger partial charge is 0.315 e. The highest BCUT2D eigenvalue weighted by Crippen LogP contribution is 2.47. The standard InChI is InChI=1S/C51H37NS/c1-3-4-7-15-35(2)52(41-29-24-37(25-30-41)36-16-8-5-9-17-36)42-31-26-40(27-32-42)44-22-14-23-46-48-34-47(38-18-10-6-11-19-38)45-33-28-39-20-12-13-21-43(39)49(45)51(48)53-50(44)46/h3-34H,1H2,2H3/b7-4-,35-15+. The first-order chi connectivity index (χ1) is 26.2. The predicted octanol–water partition coefficient (Wildman–Crippen LogP) is 15.1. The van der Waals surface area contributed by atoms with Crippen LogP contribution in [0.1, 0.15) is 6.92 Å². The van der Waals surface area contributed by atoms with Gasteiger partial charge in [0.1, 0.15) is 0 Å². The van der Waals surface area contributed by atoms with Crippen LogP contribution in [-0.2, 0) is 0 Å². The zero-order valence-corrected chi connectivity index (χ0v) is 30.4. The van der Waals surface area contributed by atoms with Gasteiger partial charge in [0.25, 0.3) is 0 Å². The molecular weight excluding hydrogens is 659 g/mol. The van der Waals surface area contributed by atoms with Gasteiger partial charge in [-0.05, 0) is 92.9 Å². The van der Waals surface area contributed by atoms with Gasteiger partial charge in [-0.25, -0.2) is 0 Å². The van der Waals surface area contributed by atoms with Gasteiger partial charge < -0.3 is 4.90 Å². The molecule has 0 aliphatic rings. The van der Waals surface area contributed by atoms with E-state index in [0.29, 0.717) is 0 Å². The molecule has 0 saturated heterocycles. The fourth-order valence-electron chi connectivity index (χ4n) is 7.64. The minimum absolute atomic E-state index is 1.11. The van der Waals surface area contributed by atoms with Gasteiger partial charge in [0.2, 0.25) is 0 Å². The normalized spacial score (nSPS) is 12.0. The molecule has 1 nitrogen and oxygen atoms in total. The highest BCUT2D eigenvalue weighted by Gasteiger charge is 2.18. The van der Waals surface area contributed by atoms with Crippen molar-refractivity contribution in [1.82, 2.24) is 0 Å². The van der Waals surface area contributed by atoms with Crippen molar-refractivity contribution in [1.29, 1.82) is 0 Å². The Kier molecular flexibility index (Phi) is 8.51. The minimum Gasteiger partial charge on any atom is -0.315 e. The summed E-state index contributed by atoms with van der Waals surface area (Å²) in [6.45, 7) is 6.00. The molecular formula is C51H37NS. The Balaban J connectivity index is 1.17. The van der Waals surface area contributed by atoms with E-state index in [-0.39, 0.29) is 0 Å². The molecule has 53 heavy (non-hydrogen) atoms. The van der Waals surface area contributed by atoms with Crippen molar-refractivity contribution < 1.29 is 0 Å². The van der Waals surface area contributed by atoms with E-state index < -0.39 is 0 Å². The molecule has 0 spiro atoms. The van der Waals surface area contributed by atoms with E-state index >= 15 is 0 Å². The Bertz CT molecular complexity index is 2820. The number of allylic oxidation sites excluding steroid dienone is 5. The quantitative estimate of drug-likeness (QED) is 0.113. The molecule has 252 valence electrons. The SMILES string of the molecule is C=C/C=C\C=C(/C)N(c1ccc(-c2ccccc2)cc1)c1ccc(-c2cccc3c2sc2c3cc(-c3ccccc3)c3ccc4ccccc4c32)cc1. The molecule has 2 heteroatoms. The van der Waals surface area contributed by atoms with Crippen LogP contribution in [0.2, 0.25) is 0 Å². The second-order valence-electron chi connectivity index (χ2n) is 13.4. The summed E-state index contributed by atoms with van der Waals surface area (Å²) < 4.78 is 2.66. The van der Waals surface area contributed by atoms with Crippen molar-refractivity contribution in [3.63, 3.8) is 0 Å². The van der Waals surface area contributed by atoms with Gasteiger partial charge >= 0.3 is 0 Å². The maximum absolute atomic E-state index is 3.85. The zero-order valence-electron chi connectivity index (χ0n) is 29.5. The Morgan fingerprint density at radius 2 is 1.09 bits per heavy atom. The number of benzene rings is 8. The van der Waals surface area contributed by atoms with Crippen LogP contribution in [-0.4, -0.2) is 0 Å². The number of hydrogen-bond acceptors (Lipinski definition) is 2. The summed E-state index contributed by atoms with van der Waals surface area (Å²) in [4.78, 5) is 2.31. The van der Waals surface area contributed by atoms with Crippen molar-refractivity contribution >= 4 is 64.4 Å². The van der Waals surface area contributed by atoms with Crippen LogP contribution in [0, 0.1) is 0 Å². The average molecular weight is 696 g/mol. The topological polar surface area (TPSA) is 3.24 Å². The monoisotopic (exact) mass is 695 g/mol. The van der Waals surface area contributed by atoms with Gasteiger partial charge in [-0.2, -0.15) is 0 Å². The summed E-state index contributed by atoms with van der Waals surface area (Å²) in [5.41, 5.74) is 10.7. The van der Waals surface area contributed by atoms with Crippen LogP contribution >= 0.6 is 11.3 Å². The second-order valence-corrected chi connectivity index (χ2v) is 14.4. The molecule has 1 heterocycles. The van der Waals surface area contributed by atoms with Crippen molar-refractivity contribution in [2.75, 3.05) is 4.90 Å². The summed E-state index contributed by atoms with van der Waals surface area (Å²) in [5.74, 6) is 0. The Morgan fingerprint density at radius 1 is 0.491 bits per heavy atom. The van der Waals surface area contributed by atoms with Crippen LogP contribution < -0.4 is 4.90 Å². The summed E-state index contributed by atoms with van der Waals surface area (Å²) in [6, 6.07) is 61.8. The van der Waals surface area contributed by atoms with E-state index in [0.717, 1.165) is 17.1 Å². The summed E-state index contributed by atoms with van der Waals surface area (Å²) >= 11 is 1.92. The van der Waals surface area contributed by atoms with Crippen molar-refractivity contribution in [2.24, 2.45) is 0 Å². The Labute approximate surface area is 314 Å². The van der Waals surface area contributed by atoms with E-state index in [9.17, 15) is 0 Å². The molecule has 1 aromatic heterocycles. The van der Waals surface area contributed by atoms with E-state index in [1.807, 2.05) is 23.5 Å². The average Bonchev–Trinajstić information content (AvgIpc) is 3.60. The molecule has 9 aromatic rings. The lowest BCUT2D eigenvalue weighted by molar-refractivity contribution is 1.16. The molecule has 0 aliphatic heterocycles. The minimum atomic E-state index is 1.11. The maximum atomic E-state index is 3.85. The van der Waals surface area contributed by atoms with E-state index in [1.165, 1.54) is 75.1 Å². The zero-order chi connectivity index (χ0) is 35.7. The number of thiophene rings is 1. The van der Waals surface area contributed by atoms with Gasteiger partial charge in [-0.1, -0.05) is 164 Å². The first-order valence-corrected chi connectivity index (χ1v) is 18.9. The second kappa shape index (κ2) is 13.9. The lowest BCUT2D eigenvalue weighted by Crippen LogP contribution is -2.14. The lowest BCUT2D eigenvalue weighted by Gasteiger charge is -2.26. The van der Waals surface area contributed by atoms with Crippen LogP contribution in [0.25, 0.3) is 75.1 Å². The van der Waals surface area contributed by atoms with Gasteiger partial charge in [-0.15, -0.1) is 11.3 Å². The number of rotatable bonds is 8. The van der Waals surface area contributed by atoms with Crippen LogP contribution in [0.3, 0.4) is 0 Å². The van der Waals surface area contributed by atoms with Gasteiger partial charge in [0, 0.05) is 42.6 Å². The van der Waals surface area contributed by atoms with E-state index in [1.54, 1.807) is 6.08 Å². The third kappa shape index (κ3) is 5.94. The van der Waals surface area contributed by atoms with E-state index in [4.69, 9.17) is 0 Å². The smallest absolute Gasteiger partial charge is 0.0458 e. The predicted molar refractivity (Wildman–Crippen MR) is 232 cm³/mol. The molecule has 8 aromatic carbocycles. The maximum Gasteiger partial charge on any atom is 0.0458 e. The molecule has 0 saturated carbocycles. The van der Waals surface area contributed by atoms with Crippen LogP contribution in [0.4, 0.5) is 11.4 Å². The van der Waals surface area contributed by atoms with Gasteiger partial charge in [0.05, 0.1) is 0 Å². The number of hydrogen-bond donors (Lipinski definition) is 0. The molecule has 0 bridgehead atoms. The molecule has 0 amide bonds. The first kappa shape index (κ1) is 32.4. The van der Waals surface area contributed by atoms with Gasteiger partial charge in [0.15, 0.2) is 0 Å². The first-order valence-electron chi connectivity index (χ1n) is 18.0. The lowest BCUT2D eigenvalue weighted by atomic mass is 9.92. The van der Waals surface area contributed by atoms with Crippen molar-refractivity contribution in [3.8, 4) is 33.4 Å². The highest BCUT2D eigenvalue weighted by molar-refractivity contribution is 7.27. The fourth-order valence-corrected chi connectivity index (χ4v) is 9.03. The van der Waals surface area contributed by atoms with Crippen LogP contribution in [0.15, 0.2) is 206 Å². The van der Waals surface area contributed by atoms with Crippen LogP contribution in [0.5, 0.6) is 0 Å². The van der Waals surface area contributed by atoms with Gasteiger partial charge in [-0.3, -0.25) is 0 Å². The van der Waals surface area contributed by atoms with Crippen molar-refractivity contribution in [3.05, 3.63) is 206 Å². The third-order valence-corrected chi connectivity index (χ3v) is 11.5. The fraction of sp³-hybridized carbons (Fsp3) is 0.0196. The summed E-state index contributed by atoms with van der Waals surface area (Å²) in [6.07, 6.45) is 7.94. The molecule has 0 radical (unpaired) electrons. The third-order valence-electron chi connectivity index (χ3n) is 10.2. The molecule has 0 N–H and O–H groups in total. The number of nitrogens with zero attached hydrogens (tertiary/aromatic N) is 1. The Morgan fingerprint density at radius 3 is 1.81 bits per heavy atom. The molecule has 0 unspecified atom stereocenters. The summed E-state index contributed by atoms with van der Waals surface area (Å²) in [5, 5.41) is 7.81. The molecule has 0 atom stereocenters. The molecule has 0 aliphatic carbocycles. The number of anilines is 2. The Hall–Kier alpha value is -6.48. The molecule has 0 fully saturated rings. The molecule has 9 rings (SSSR count). The summed E-state index contributed by atoms with van der Waals surface area (Å²) in [7, 11) is 0. The van der Waals surface area contributed by atoms with E-state index in [2.05, 4.69) is 194 Å². The number of fused-ring (bicyclic) bond motifs is 7.